The Hall–Kier alpha value is -2.47. The fourth-order valence-electron chi connectivity index (χ4n) is 2.53. The predicted octanol–water partition coefficient (Wildman–Crippen LogP) is 3.63. The van der Waals surface area contributed by atoms with Crippen molar-refractivity contribution in [2.45, 2.75) is 32.8 Å². The molecule has 2 N–H and O–H groups in total. The molecule has 0 aliphatic heterocycles. The van der Waals surface area contributed by atoms with Crippen LogP contribution in [0.1, 0.15) is 42.6 Å². The molecule has 2 aromatic carbocycles. The van der Waals surface area contributed by atoms with Crippen LogP contribution in [0.3, 0.4) is 0 Å². The van der Waals surface area contributed by atoms with Gasteiger partial charge in [-0.05, 0) is 36.1 Å². The van der Waals surface area contributed by atoms with Crippen molar-refractivity contribution in [2.75, 3.05) is 13.2 Å². The molecule has 1 atom stereocenters. The van der Waals surface area contributed by atoms with Crippen LogP contribution in [0, 0.1) is 18.6 Å². The summed E-state index contributed by atoms with van der Waals surface area (Å²) in [4.78, 5) is 12.0. The molecule has 1 amide bonds. The number of hydrogen-bond acceptors (Lipinski definition) is 3. The maximum Gasteiger partial charge on any atom is 0.258 e. The Balaban J connectivity index is 1.90. The van der Waals surface area contributed by atoms with Crippen molar-refractivity contribution in [3.05, 3.63) is 64.7 Å². The van der Waals surface area contributed by atoms with E-state index >= 15 is 0 Å². The van der Waals surface area contributed by atoms with Crippen LogP contribution in [-0.2, 0) is 4.79 Å². The van der Waals surface area contributed by atoms with E-state index in [9.17, 15) is 18.7 Å². The van der Waals surface area contributed by atoms with Gasteiger partial charge in [0, 0.05) is 18.2 Å². The number of amides is 1. The Kier molecular flexibility index (Phi) is 6.69. The van der Waals surface area contributed by atoms with E-state index in [-0.39, 0.29) is 24.6 Å². The van der Waals surface area contributed by atoms with Crippen molar-refractivity contribution < 1.29 is 23.4 Å². The molecule has 4 nitrogen and oxygen atoms in total. The number of carbonyl (C=O) groups is 1. The lowest BCUT2D eigenvalue weighted by molar-refractivity contribution is -0.123. The summed E-state index contributed by atoms with van der Waals surface area (Å²) in [5.74, 6) is -1.14. The summed E-state index contributed by atoms with van der Waals surface area (Å²) in [6.45, 7) is 5.58. The maximum atomic E-state index is 13.6. The van der Waals surface area contributed by atoms with Crippen LogP contribution in [0.25, 0.3) is 0 Å². The first-order valence-corrected chi connectivity index (χ1v) is 8.41. The van der Waals surface area contributed by atoms with Gasteiger partial charge in [-0.2, -0.15) is 0 Å². The molecule has 0 fully saturated rings. The average molecular weight is 363 g/mol. The van der Waals surface area contributed by atoms with E-state index in [0.717, 1.165) is 23.3 Å². The van der Waals surface area contributed by atoms with E-state index in [0.29, 0.717) is 11.8 Å². The molecule has 0 saturated heterocycles. The highest BCUT2D eigenvalue weighted by molar-refractivity contribution is 5.77. The van der Waals surface area contributed by atoms with Crippen LogP contribution in [0.4, 0.5) is 8.78 Å². The average Bonchev–Trinajstić information content (AvgIpc) is 2.57. The summed E-state index contributed by atoms with van der Waals surface area (Å²) >= 11 is 0. The lowest BCUT2D eigenvalue weighted by Crippen LogP contribution is -2.32. The summed E-state index contributed by atoms with van der Waals surface area (Å²) < 4.78 is 32.1. The largest absolute Gasteiger partial charge is 0.483 e. The van der Waals surface area contributed by atoms with Crippen LogP contribution in [-0.4, -0.2) is 24.2 Å². The van der Waals surface area contributed by atoms with Crippen molar-refractivity contribution in [3.63, 3.8) is 0 Å². The van der Waals surface area contributed by atoms with Crippen LogP contribution in [0.2, 0.25) is 0 Å². The Morgan fingerprint density at radius 3 is 2.50 bits per heavy atom. The number of aliphatic hydroxyl groups is 1. The molecule has 0 aromatic heterocycles. The molecule has 26 heavy (non-hydrogen) atoms. The van der Waals surface area contributed by atoms with Gasteiger partial charge in [0.05, 0.1) is 6.10 Å². The standard InChI is InChI=1S/C20H23F2NO3/c1-12(2)15-6-4-13(3)8-19(15)26-11-20(25)23-10-18(24)16-7-5-14(21)9-17(16)22/h4-9,12,18,24H,10-11H2,1-3H3,(H,23,25)/t18-/m1/s1. The highest BCUT2D eigenvalue weighted by atomic mass is 19.1. The minimum atomic E-state index is -1.27. The highest BCUT2D eigenvalue weighted by Crippen LogP contribution is 2.27. The molecule has 0 radical (unpaired) electrons. The first-order chi connectivity index (χ1) is 12.3. The normalized spacial score (nSPS) is 12.1. The molecule has 0 unspecified atom stereocenters. The Labute approximate surface area is 151 Å². The zero-order valence-corrected chi connectivity index (χ0v) is 15.1. The summed E-state index contributed by atoms with van der Waals surface area (Å²) in [6, 6.07) is 8.71. The van der Waals surface area contributed by atoms with E-state index < -0.39 is 23.6 Å². The predicted molar refractivity (Wildman–Crippen MR) is 95.1 cm³/mol. The third-order valence-corrected chi connectivity index (χ3v) is 3.96. The van der Waals surface area contributed by atoms with Gasteiger partial charge in [0.15, 0.2) is 6.61 Å². The van der Waals surface area contributed by atoms with Crippen molar-refractivity contribution in [3.8, 4) is 5.75 Å². The quantitative estimate of drug-likeness (QED) is 0.790. The van der Waals surface area contributed by atoms with Crippen molar-refractivity contribution in [1.82, 2.24) is 5.32 Å². The second-order valence-electron chi connectivity index (χ2n) is 6.47. The number of carbonyl (C=O) groups excluding carboxylic acids is 1. The van der Waals surface area contributed by atoms with E-state index in [1.54, 1.807) is 0 Å². The SMILES string of the molecule is Cc1ccc(C(C)C)c(OCC(=O)NC[C@@H](O)c2ccc(F)cc2F)c1. The van der Waals surface area contributed by atoms with Gasteiger partial charge in [-0.15, -0.1) is 0 Å². The van der Waals surface area contributed by atoms with Crippen molar-refractivity contribution >= 4 is 5.91 Å². The van der Waals surface area contributed by atoms with Crippen LogP contribution < -0.4 is 10.1 Å². The third kappa shape index (κ3) is 5.26. The fraction of sp³-hybridized carbons (Fsp3) is 0.350. The lowest BCUT2D eigenvalue weighted by Gasteiger charge is -2.16. The molecule has 0 saturated carbocycles. The highest BCUT2D eigenvalue weighted by Gasteiger charge is 2.15. The summed E-state index contributed by atoms with van der Waals surface area (Å²) in [7, 11) is 0. The second-order valence-corrected chi connectivity index (χ2v) is 6.47. The number of benzene rings is 2. The fourth-order valence-corrected chi connectivity index (χ4v) is 2.53. The number of aryl methyl sites for hydroxylation is 1. The summed E-state index contributed by atoms with van der Waals surface area (Å²) in [5, 5.41) is 12.4. The molecule has 0 bridgehead atoms. The smallest absolute Gasteiger partial charge is 0.258 e. The minimum absolute atomic E-state index is 0.0756. The number of ether oxygens (including phenoxy) is 1. The van der Waals surface area contributed by atoms with Gasteiger partial charge in [0.2, 0.25) is 0 Å². The van der Waals surface area contributed by atoms with Gasteiger partial charge in [-0.25, -0.2) is 8.78 Å². The number of nitrogens with one attached hydrogen (secondary N) is 1. The molecule has 0 spiro atoms. The van der Waals surface area contributed by atoms with Crippen LogP contribution in [0.5, 0.6) is 5.75 Å². The Morgan fingerprint density at radius 2 is 1.85 bits per heavy atom. The van der Waals surface area contributed by atoms with Gasteiger partial charge in [-0.1, -0.05) is 32.0 Å². The van der Waals surface area contributed by atoms with Gasteiger partial charge < -0.3 is 15.2 Å². The zero-order valence-electron chi connectivity index (χ0n) is 15.1. The van der Waals surface area contributed by atoms with E-state index in [4.69, 9.17) is 4.74 Å². The number of hydrogen-bond donors (Lipinski definition) is 2. The minimum Gasteiger partial charge on any atom is -0.483 e. The number of rotatable bonds is 7. The van der Waals surface area contributed by atoms with E-state index in [1.807, 2.05) is 39.0 Å². The Morgan fingerprint density at radius 1 is 1.15 bits per heavy atom. The monoisotopic (exact) mass is 363 g/mol. The third-order valence-electron chi connectivity index (χ3n) is 3.96. The van der Waals surface area contributed by atoms with Crippen molar-refractivity contribution in [1.29, 1.82) is 0 Å². The second kappa shape index (κ2) is 8.76. The number of aliphatic hydroxyl groups excluding tert-OH is 1. The summed E-state index contributed by atoms with van der Waals surface area (Å²) in [6.07, 6.45) is -1.27. The van der Waals surface area contributed by atoms with E-state index in [1.165, 1.54) is 0 Å². The van der Waals surface area contributed by atoms with Gasteiger partial charge in [-0.3, -0.25) is 4.79 Å². The Bertz CT molecular complexity index is 778. The lowest BCUT2D eigenvalue weighted by atomic mass is 10.0. The molecule has 0 aliphatic rings. The molecule has 6 heteroatoms. The molecule has 0 heterocycles. The van der Waals surface area contributed by atoms with Gasteiger partial charge >= 0.3 is 0 Å². The van der Waals surface area contributed by atoms with E-state index in [2.05, 4.69) is 5.32 Å². The van der Waals surface area contributed by atoms with Crippen molar-refractivity contribution in [2.24, 2.45) is 0 Å². The maximum absolute atomic E-state index is 13.6. The summed E-state index contributed by atoms with van der Waals surface area (Å²) in [5.41, 5.74) is 1.94. The molecule has 0 aliphatic carbocycles. The van der Waals surface area contributed by atoms with Gasteiger partial charge in [0.1, 0.15) is 17.4 Å². The molecule has 2 aromatic rings. The zero-order chi connectivity index (χ0) is 19.3. The first-order valence-electron chi connectivity index (χ1n) is 8.41. The van der Waals surface area contributed by atoms with Crippen LogP contribution in [0.15, 0.2) is 36.4 Å². The topological polar surface area (TPSA) is 58.6 Å². The van der Waals surface area contributed by atoms with Gasteiger partial charge in [0.25, 0.3) is 5.91 Å². The molecular weight excluding hydrogens is 340 g/mol. The number of halogens is 2. The molecule has 140 valence electrons. The molecule has 2 rings (SSSR count). The molecular formula is C20H23F2NO3. The van der Waals surface area contributed by atoms with Crippen LogP contribution >= 0.6 is 0 Å². The first kappa shape index (κ1) is 19.8.